The van der Waals surface area contributed by atoms with Gasteiger partial charge in [0.1, 0.15) is 5.82 Å². The fourth-order valence-electron chi connectivity index (χ4n) is 2.98. The first kappa shape index (κ1) is 17.4. The Kier molecular flexibility index (Phi) is 4.96. The van der Waals surface area contributed by atoms with Crippen LogP contribution in [-0.4, -0.2) is 42.3 Å². The predicted octanol–water partition coefficient (Wildman–Crippen LogP) is 2.62. The molecule has 2 atom stereocenters. The molecule has 0 aliphatic carbocycles. The maximum Gasteiger partial charge on any atom is 0.248 e. The first-order valence-electron chi connectivity index (χ1n) is 7.93. The highest BCUT2D eigenvalue weighted by Gasteiger charge is 2.49. The summed E-state index contributed by atoms with van der Waals surface area (Å²) in [5.74, 6) is -0.698. The first-order valence-corrected chi connectivity index (χ1v) is 10.6. The number of carbonyl (C=O) groups excluding carboxylic acids is 1. The predicted molar refractivity (Wildman–Crippen MR) is 94.7 cm³/mol. The van der Waals surface area contributed by atoms with Crippen LogP contribution in [-0.2, 0) is 14.6 Å². The van der Waals surface area contributed by atoms with E-state index < -0.39 is 15.7 Å². The van der Waals surface area contributed by atoms with Gasteiger partial charge in [0.15, 0.2) is 15.0 Å². The topological polar surface area (TPSA) is 66.8 Å². The number of carbonyl (C=O) groups is 1. The van der Waals surface area contributed by atoms with Gasteiger partial charge < -0.3 is 4.90 Å². The smallest absolute Gasteiger partial charge is 0.248 e. The summed E-state index contributed by atoms with van der Waals surface area (Å²) in [6.45, 7) is 1.99. The molecule has 0 saturated carbocycles. The monoisotopic (exact) mass is 370 g/mol. The van der Waals surface area contributed by atoms with Crippen LogP contribution >= 0.6 is 11.8 Å². The zero-order valence-electron chi connectivity index (χ0n) is 13.3. The molecule has 0 N–H and O–H groups in total. The molecule has 1 aromatic carbocycles. The maximum absolute atomic E-state index is 14.3. The maximum atomic E-state index is 14.3. The van der Waals surface area contributed by atoms with Gasteiger partial charge in [-0.3, -0.25) is 4.79 Å². The van der Waals surface area contributed by atoms with E-state index in [1.807, 2.05) is 6.92 Å². The summed E-state index contributed by atoms with van der Waals surface area (Å²) < 4.78 is 38.1. The molecular formula is C16H19FN2O3S2. The van der Waals surface area contributed by atoms with Crippen molar-refractivity contribution in [3.8, 4) is 0 Å². The van der Waals surface area contributed by atoms with Crippen molar-refractivity contribution < 1.29 is 17.6 Å². The van der Waals surface area contributed by atoms with Crippen LogP contribution in [0.3, 0.4) is 0 Å². The Hall–Kier alpha value is -1.41. The zero-order chi connectivity index (χ0) is 17.3. The van der Waals surface area contributed by atoms with E-state index in [9.17, 15) is 17.6 Å². The van der Waals surface area contributed by atoms with Crippen molar-refractivity contribution in [3.63, 3.8) is 0 Å². The lowest BCUT2D eigenvalue weighted by atomic mass is 10.2. The molecule has 2 saturated heterocycles. The molecular weight excluding hydrogens is 351 g/mol. The minimum atomic E-state index is -3.15. The lowest BCUT2D eigenvalue weighted by Crippen LogP contribution is -2.38. The van der Waals surface area contributed by atoms with Crippen molar-refractivity contribution >= 4 is 38.4 Å². The van der Waals surface area contributed by atoms with E-state index in [0.717, 1.165) is 12.8 Å². The largest absolute Gasteiger partial charge is 0.313 e. The standard InChI is InChI=1S/C16H19FN2O3S2/c1-2-3-8-15(20)18-16-19(12-7-5-4-6-11(12)17)13-9-24(21,22)10-14(13)23-16/h4-7,13-14H,2-3,8-10H2,1H3/t13-,14-/m0/s1. The second-order valence-corrected chi connectivity index (χ2v) is 9.37. The number of para-hydroxylation sites is 1. The number of rotatable bonds is 4. The van der Waals surface area contributed by atoms with E-state index in [2.05, 4.69) is 4.99 Å². The third-order valence-corrected chi connectivity index (χ3v) is 7.35. The molecule has 2 heterocycles. The SMILES string of the molecule is CCCCC(=O)N=C1S[C@H]2CS(=O)(=O)C[C@@H]2N1c1ccccc1F. The molecule has 24 heavy (non-hydrogen) atoms. The lowest BCUT2D eigenvalue weighted by Gasteiger charge is -2.24. The van der Waals surface area contributed by atoms with E-state index in [0.29, 0.717) is 11.6 Å². The summed E-state index contributed by atoms with van der Waals surface area (Å²) in [6, 6.07) is 5.81. The third kappa shape index (κ3) is 3.49. The van der Waals surface area contributed by atoms with Crippen LogP contribution in [0.4, 0.5) is 10.1 Å². The number of hydrogen-bond donors (Lipinski definition) is 0. The van der Waals surface area contributed by atoms with E-state index in [4.69, 9.17) is 0 Å². The number of hydrogen-bond acceptors (Lipinski definition) is 4. The molecule has 5 nitrogen and oxygen atoms in total. The molecule has 2 aliphatic rings. The van der Waals surface area contributed by atoms with Crippen LogP contribution in [0.2, 0.25) is 0 Å². The Morgan fingerprint density at radius 3 is 2.83 bits per heavy atom. The molecule has 0 radical (unpaired) electrons. The summed E-state index contributed by atoms with van der Waals surface area (Å²) in [5.41, 5.74) is 0.275. The van der Waals surface area contributed by atoms with Crippen molar-refractivity contribution in [2.45, 2.75) is 37.5 Å². The van der Waals surface area contributed by atoms with Gasteiger partial charge >= 0.3 is 0 Å². The number of benzene rings is 1. The highest BCUT2D eigenvalue weighted by atomic mass is 32.2. The average molecular weight is 370 g/mol. The van der Waals surface area contributed by atoms with E-state index >= 15 is 0 Å². The Balaban J connectivity index is 1.96. The van der Waals surface area contributed by atoms with Gasteiger partial charge in [-0.25, -0.2) is 12.8 Å². The van der Waals surface area contributed by atoms with E-state index in [1.165, 1.54) is 17.8 Å². The molecule has 0 spiro atoms. The van der Waals surface area contributed by atoms with Gasteiger partial charge in [-0.2, -0.15) is 4.99 Å². The third-order valence-electron chi connectivity index (χ3n) is 4.14. The lowest BCUT2D eigenvalue weighted by molar-refractivity contribution is -0.117. The highest BCUT2D eigenvalue weighted by Crippen LogP contribution is 2.41. The highest BCUT2D eigenvalue weighted by molar-refractivity contribution is 8.16. The number of fused-ring (bicyclic) bond motifs is 1. The first-order chi connectivity index (χ1) is 11.4. The minimum absolute atomic E-state index is 0.0372. The van der Waals surface area contributed by atoms with E-state index in [-0.39, 0.29) is 34.4 Å². The minimum Gasteiger partial charge on any atom is -0.313 e. The second-order valence-electron chi connectivity index (χ2n) is 6.01. The molecule has 8 heteroatoms. The van der Waals surface area contributed by atoms with Gasteiger partial charge in [-0.1, -0.05) is 37.2 Å². The fraction of sp³-hybridized carbons (Fsp3) is 0.500. The molecule has 0 bridgehead atoms. The Bertz CT molecular complexity index is 779. The molecule has 2 aliphatic heterocycles. The quantitative estimate of drug-likeness (QED) is 0.815. The Labute approximate surface area is 145 Å². The van der Waals surface area contributed by atoms with Crippen molar-refractivity contribution in [1.29, 1.82) is 0 Å². The van der Waals surface area contributed by atoms with Gasteiger partial charge in [0, 0.05) is 11.7 Å². The number of nitrogens with zero attached hydrogens (tertiary/aromatic N) is 2. The summed E-state index contributed by atoms with van der Waals surface area (Å²) in [7, 11) is -3.15. The number of anilines is 1. The van der Waals surface area contributed by atoms with Crippen molar-refractivity contribution in [2.24, 2.45) is 4.99 Å². The van der Waals surface area contributed by atoms with Gasteiger partial charge in [-0.05, 0) is 18.6 Å². The average Bonchev–Trinajstić information content (AvgIpc) is 2.97. The van der Waals surface area contributed by atoms with Crippen LogP contribution in [0.15, 0.2) is 29.3 Å². The number of halogens is 1. The molecule has 2 fully saturated rings. The molecule has 1 amide bonds. The normalized spacial score (nSPS) is 26.8. The van der Waals surface area contributed by atoms with Crippen molar-refractivity contribution in [3.05, 3.63) is 30.1 Å². The van der Waals surface area contributed by atoms with Crippen LogP contribution in [0.25, 0.3) is 0 Å². The molecule has 3 rings (SSSR count). The van der Waals surface area contributed by atoms with Gasteiger partial charge in [0.25, 0.3) is 0 Å². The van der Waals surface area contributed by atoms with Gasteiger partial charge in [-0.15, -0.1) is 0 Å². The summed E-state index contributed by atoms with van der Waals surface area (Å²) in [4.78, 5) is 17.8. The summed E-state index contributed by atoms with van der Waals surface area (Å²) >= 11 is 1.27. The molecule has 0 aromatic heterocycles. The number of thioether (sulfide) groups is 1. The van der Waals surface area contributed by atoms with Gasteiger partial charge in [0.05, 0.1) is 23.2 Å². The second kappa shape index (κ2) is 6.84. The van der Waals surface area contributed by atoms with E-state index in [1.54, 1.807) is 23.1 Å². The van der Waals surface area contributed by atoms with Crippen molar-refractivity contribution in [1.82, 2.24) is 0 Å². The van der Waals surface area contributed by atoms with Crippen LogP contribution in [0, 0.1) is 5.82 Å². The van der Waals surface area contributed by atoms with Gasteiger partial charge in [0.2, 0.25) is 5.91 Å². The van der Waals surface area contributed by atoms with Crippen LogP contribution < -0.4 is 4.90 Å². The summed E-state index contributed by atoms with van der Waals surface area (Å²) in [6.07, 6.45) is 1.99. The number of amidine groups is 1. The number of sulfone groups is 1. The Morgan fingerprint density at radius 2 is 2.12 bits per heavy atom. The number of unbranched alkanes of at least 4 members (excludes halogenated alkanes) is 1. The van der Waals surface area contributed by atoms with Crippen LogP contribution in [0.5, 0.6) is 0 Å². The molecule has 1 aromatic rings. The van der Waals surface area contributed by atoms with Crippen molar-refractivity contribution in [2.75, 3.05) is 16.4 Å². The molecule has 130 valence electrons. The Morgan fingerprint density at radius 1 is 1.38 bits per heavy atom. The number of amides is 1. The summed E-state index contributed by atoms with van der Waals surface area (Å²) in [5, 5.41) is 0.193. The number of aliphatic imine (C=N–C) groups is 1. The molecule has 0 unspecified atom stereocenters. The van der Waals surface area contributed by atoms with Crippen LogP contribution in [0.1, 0.15) is 26.2 Å². The fourth-order valence-corrected chi connectivity index (χ4v) is 6.91. The zero-order valence-corrected chi connectivity index (χ0v) is 14.9.